The molecule has 184 valence electrons. The number of pyridine rings is 1. The maximum atomic E-state index is 15.2. The summed E-state index contributed by atoms with van der Waals surface area (Å²) in [4.78, 5) is 27.7. The molecule has 0 amide bonds. The minimum atomic E-state index is -3.86. The van der Waals surface area contributed by atoms with Gasteiger partial charge in [-0.05, 0) is 24.3 Å². The fourth-order valence-electron chi connectivity index (χ4n) is 3.79. The van der Waals surface area contributed by atoms with Crippen molar-refractivity contribution >= 4 is 28.1 Å². The van der Waals surface area contributed by atoms with Crippen LogP contribution in [0.4, 0.5) is 20.2 Å². The number of carbonyl (C=O) groups is 1. The number of alkyl halides is 2. The van der Waals surface area contributed by atoms with E-state index >= 15 is 8.78 Å². The van der Waals surface area contributed by atoms with E-state index in [4.69, 9.17) is 9.47 Å². The molecule has 8 nitrogen and oxygen atoms in total. The van der Waals surface area contributed by atoms with Gasteiger partial charge in [0.15, 0.2) is 0 Å². The lowest BCUT2D eigenvalue weighted by molar-refractivity contribution is -0.384. The minimum absolute atomic E-state index is 0.00678. The standard InChI is InChI=1S/C26H21F2N3O5/c1-35-19-10-8-17(23(13-19)36-2)14-30-24-20-12-18(9-11-21(20)29-15-22(24)31(33)34)26(27,28)25(32)16-6-4-3-5-7-16/h3-13,15H,14H2,1-2H3,(H,29,30). The number of benzene rings is 3. The molecule has 1 aromatic heterocycles. The second-order valence-electron chi connectivity index (χ2n) is 7.81. The van der Waals surface area contributed by atoms with Crippen molar-refractivity contribution in [1.82, 2.24) is 4.98 Å². The number of carbonyl (C=O) groups excluding carboxylic acids is 1. The first kappa shape index (κ1) is 24.5. The van der Waals surface area contributed by atoms with Gasteiger partial charge in [-0.3, -0.25) is 14.9 Å². The average Bonchev–Trinajstić information content (AvgIpc) is 2.90. The van der Waals surface area contributed by atoms with Crippen molar-refractivity contribution in [2.24, 2.45) is 0 Å². The maximum absolute atomic E-state index is 15.2. The normalized spacial score (nSPS) is 11.2. The van der Waals surface area contributed by atoms with Crippen molar-refractivity contribution in [2.75, 3.05) is 19.5 Å². The number of halogens is 2. The van der Waals surface area contributed by atoms with E-state index in [9.17, 15) is 14.9 Å². The number of aromatic nitrogens is 1. The van der Waals surface area contributed by atoms with Crippen LogP contribution in [0.2, 0.25) is 0 Å². The maximum Gasteiger partial charge on any atom is 0.334 e. The smallest absolute Gasteiger partial charge is 0.334 e. The van der Waals surface area contributed by atoms with Crippen LogP contribution in [0.1, 0.15) is 21.5 Å². The van der Waals surface area contributed by atoms with E-state index in [0.717, 1.165) is 18.3 Å². The van der Waals surface area contributed by atoms with Crippen LogP contribution in [0, 0.1) is 10.1 Å². The molecule has 0 radical (unpaired) electrons. The van der Waals surface area contributed by atoms with Crippen LogP contribution in [-0.4, -0.2) is 29.9 Å². The molecule has 1 heterocycles. The van der Waals surface area contributed by atoms with Gasteiger partial charge in [-0.1, -0.05) is 36.4 Å². The zero-order chi connectivity index (χ0) is 25.9. The number of nitrogens with one attached hydrogen (secondary N) is 1. The quantitative estimate of drug-likeness (QED) is 0.180. The van der Waals surface area contributed by atoms with Gasteiger partial charge in [0.25, 0.3) is 0 Å². The number of methoxy groups -OCH3 is 2. The molecule has 36 heavy (non-hydrogen) atoms. The van der Waals surface area contributed by atoms with Crippen LogP contribution in [0.15, 0.2) is 72.9 Å². The average molecular weight is 493 g/mol. The summed E-state index contributed by atoms with van der Waals surface area (Å²) in [5.74, 6) is -4.20. The summed E-state index contributed by atoms with van der Waals surface area (Å²) in [5, 5.41) is 14.8. The third kappa shape index (κ3) is 4.65. The van der Waals surface area contributed by atoms with Crippen molar-refractivity contribution in [3.05, 3.63) is 99.7 Å². The van der Waals surface area contributed by atoms with Crippen molar-refractivity contribution in [2.45, 2.75) is 12.5 Å². The fourth-order valence-corrected chi connectivity index (χ4v) is 3.79. The molecule has 0 atom stereocenters. The summed E-state index contributed by atoms with van der Waals surface area (Å²) in [6.07, 6.45) is 1.06. The molecular weight excluding hydrogens is 472 g/mol. The molecule has 0 unspecified atom stereocenters. The highest BCUT2D eigenvalue weighted by Gasteiger charge is 2.41. The van der Waals surface area contributed by atoms with Gasteiger partial charge in [-0.2, -0.15) is 8.78 Å². The highest BCUT2D eigenvalue weighted by atomic mass is 19.3. The first-order valence-corrected chi connectivity index (χ1v) is 10.8. The number of anilines is 1. The molecule has 10 heteroatoms. The van der Waals surface area contributed by atoms with Crippen molar-refractivity contribution < 1.29 is 28.0 Å². The Hall–Kier alpha value is -4.60. The summed E-state index contributed by atoms with van der Waals surface area (Å²) < 4.78 is 41.0. The summed E-state index contributed by atoms with van der Waals surface area (Å²) in [6, 6.07) is 15.7. The molecule has 0 saturated heterocycles. The van der Waals surface area contributed by atoms with Crippen molar-refractivity contribution in [3.8, 4) is 11.5 Å². The Bertz CT molecular complexity index is 1440. The number of ether oxygens (including phenoxy) is 2. The van der Waals surface area contributed by atoms with E-state index in [0.29, 0.717) is 17.1 Å². The zero-order valence-corrected chi connectivity index (χ0v) is 19.3. The van der Waals surface area contributed by atoms with Gasteiger partial charge < -0.3 is 14.8 Å². The Labute approximate surface area is 204 Å². The third-order valence-electron chi connectivity index (χ3n) is 5.68. The zero-order valence-electron chi connectivity index (χ0n) is 19.3. The highest BCUT2D eigenvalue weighted by molar-refractivity contribution is 6.03. The summed E-state index contributed by atoms with van der Waals surface area (Å²) in [7, 11) is 2.98. The monoisotopic (exact) mass is 493 g/mol. The third-order valence-corrected chi connectivity index (χ3v) is 5.68. The lowest BCUT2D eigenvalue weighted by Gasteiger charge is -2.17. The second-order valence-corrected chi connectivity index (χ2v) is 7.81. The molecule has 0 aliphatic rings. The van der Waals surface area contributed by atoms with Gasteiger partial charge in [0, 0.05) is 34.7 Å². The molecular formula is C26H21F2N3O5. The largest absolute Gasteiger partial charge is 0.497 e. The lowest BCUT2D eigenvalue weighted by atomic mass is 9.97. The number of nitrogens with zero attached hydrogens (tertiary/aromatic N) is 2. The van der Waals surface area contributed by atoms with Crippen LogP contribution >= 0.6 is 0 Å². The van der Waals surface area contributed by atoms with Gasteiger partial charge in [0.2, 0.25) is 5.78 Å². The van der Waals surface area contributed by atoms with Crippen LogP contribution in [-0.2, 0) is 12.5 Å². The molecule has 3 aromatic carbocycles. The number of hydrogen-bond acceptors (Lipinski definition) is 7. The fraction of sp³-hybridized carbons (Fsp3) is 0.154. The number of rotatable bonds is 9. The molecule has 0 spiro atoms. The van der Waals surface area contributed by atoms with Crippen LogP contribution < -0.4 is 14.8 Å². The molecule has 4 aromatic rings. The predicted molar refractivity (Wildman–Crippen MR) is 130 cm³/mol. The predicted octanol–water partition coefficient (Wildman–Crippen LogP) is 5.75. The van der Waals surface area contributed by atoms with E-state index in [1.54, 1.807) is 24.3 Å². The van der Waals surface area contributed by atoms with Crippen LogP contribution in [0.25, 0.3) is 10.9 Å². The number of ketones is 1. The minimum Gasteiger partial charge on any atom is -0.497 e. The topological polar surface area (TPSA) is 104 Å². The van der Waals surface area contributed by atoms with Crippen LogP contribution in [0.5, 0.6) is 11.5 Å². The van der Waals surface area contributed by atoms with Crippen LogP contribution in [0.3, 0.4) is 0 Å². The SMILES string of the molecule is COc1ccc(CNc2c([N+](=O)[O-])cnc3ccc(C(F)(F)C(=O)c4ccccc4)cc23)c(OC)c1. The Balaban J connectivity index is 1.77. The molecule has 4 rings (SSSR count). The summed E-state index contributed by atoms with van der Waals surface area (Å²) in [6.45, 7) is 0.0800. The van der Waals surface area contributed by atoms with Crippen molar-refractivity contribution in [1.29, 1.82) is 0 Å². The second kappa shape index (κ2) is 9.95. The number of Topliss-reactive ketones (excluding diaryl/α,β-unsaturated/α-hetero) is 1. The molecule has 0 saturated carbocycles. The van der Waals surface area contributed by atoms with E-state index in [2.05, 4.69) is 10.3 Å². The Morgan fingerprint density at radius 1 is 1.06 bits per heavy atom. The van der Waals surface area contributed by atoms with E-state index in [1.807, 2.05) is 0 Å². The van der Waals surface area contributed by atoms with Gasteiger partial charge in [0.05, 0.1) is 24.7 Å². The molecule has 0 aliphatic heterocycles. The molecule has 1 N–H and O–H groups in total. The molecule has 0 bridgehead atoms. The first-order valence-electron chi connectivity index (χ1n) is 10.8. The highest BCUT2D eigenvalue weighted by Crippen LogP contribution is 2.38. The summed E-state index contributed by atoms with van der Waals surface area (Å²) >= 11 is 0. The summed E-state index contributed by atoms with van der Waals surface area (Å²) in [5.41, 5.74) is -0.256. The number of fused-ring (bicyclic) bond motifs is 1. The van der Waals surface area contributed by atoms with Crippen molar-refractivity contribution in [3.63, 3.8) is 0 Å². The van der Waals surface area contributed by atoms with E-state index in [1.165, 1.54) is 44.6 Å². The Morgan fingerprint density at radius 2 is 1.81 bits per heavy atom. The van der Waals surface area contributed by atoms with E-state index in [-0.39, 0.29) is 28.7 Å². The van der Waals surface area contributed by atoms with Gasteiger partial charge in [-0.15, -0.1) is 0 Å². The van der Waals surface area contributed by atoms with Gasteiger partial charge >= 0.3 is 11.6 Å². The molecule has 0 fully saturated rings. The number of nitro groups is 1. The lowest BCUT2D eigenvalue weighted by Crippen LogP contribution is -2.26. The number of hydrogen-bond donors (Lipinski definition) is 1. The Kier molecular flexibility index (Phi) is 6.77. The van der Waals surface area contributed by atoms with Gasteiger partial charge in [-0.25, -0.2) is 4.98 Å². The molecule has 0 aliphatic carbocycles. The Morgan fingerprint density at radius 3 is 2.47 bits per heavy atom. The van der Waals surface area contributed by atoms with Gasteiger partial charge in [0.1, 0.15) is 23.4 Å². The first-order chi connectivity index (χ1) is 17.3. The van der Waals surface area contributed by atoms with E-state index < -0.39 is 27.9 Å².